The molecule has 2 aromatic rings. The number of rotatable bonds is 4. The quantitative estimate of drug-likeness (QED) is 0.420. The van der Waals surface area contributed by atoms with E-state index in [-0.39, 0.29) is 11.1 Å². The largest absolute Gasteiger partial charge is 0.477 e. The Labute approximate surface area is 136 Å². The lowest BCUT2D eigenvalue weighted by Gasteiger charge is -2.15. The normalized spacial score (nSPS) is 11.2. The summed E-state index contributed by atoms with van der Waals surface area (Å²) in [6.45, 7) is 0. The third kappa shape index (κ3) is 4.61. The minimum atomic E-state index is -2.79. The van der Waals surface area contributed by atoms with Gasteiger partial charge >= 0.3 is 11.9 Å². The van der Waals surface area contributed by atoms with Gasteiger partial charge in [-0.1, -0.05) is 60.7 Å². The van der Waals surface area contributed by atoms with Gasteiger partial charge in [-0.2, -0.15) is 0 Å². The molecule has 0 aliphatic rings. The second kappa shape index (κ2) is 7.66. The SMILES string of the molecule is O=C(O)C(O)(O)c1ccccc1.O=C(O)C(O)(O)c1ccccc1. The molecule has 2 rings (SSSR count). The third-order valence-corrected chi connectivity index (χ3v) is 2.95. The molecule has 2 aromatic carbocycles. The lowest BCUT2D eigenvalue weighted by atomic mass is 10.1. The van der Waals surface area contributed by atoms with Crippen molar-refractivity contribution in [3.8, 4) is 0 Å². The van der Waals surface area contributed by atoms with Crippen LogP contribution in [-0.2, 0) is 21.2 Å². The van der Waals surface area contributed by atoms with Gasteiger partial charge in [-0.15, -0.1) is 0 Å². The van der Waals surface area contributed by atoms with E-state index in [1.807, 2.05) is 0 Å². The van der Waals surface area contributed by atoms with E-state index in [2.05, 4.69) is 0 Å². The first-order valence-corrected chi connectivity index (χ1v) is 6.57. The van der Waals surface area contributed by atoms with E-state index in [9.17, 15) is 9.59 Å². The predicted octanol–water partition coefficient (Wildman–Crippen LogP) is -0.183. The standard InChI is InChI=1S/2C8H8O4/c2*9-7(10)8(11,12)6-4-2-1-3-5-6/h2*1-5,11-12H,(H,9,10). The smallest absolute Gasteiger partial charge is 0.369 e. The summed E-state index contributed by atoms with van der Waals surface area (Å²) in [5.41, 5.74) is -0.116. The van der Waals surface area contributed by atoms with Crippen LogP contribution in [0.2, 0.25) is 0 Å². The van der Waals surface area contributed by atoms with E-state index >= 15 is 0 Å². The first-order valence-electron chi connectivity index (χ1n) is 6.57. The maximum absolute atomic E-state index is 10.3. The maximum Gasteiger partial charge on any atom is 0.369 e. The summed E-state index contributed by atoms with van der Waals surface area (Å²) in [5.74, 6) is -8.95. The summed E-state index contributed by atoms with van der Waals surface area (Å²) in [5, 5.41) is 52.9. The van der Waals surface area contributed by atoms with Gasteiger partial charge in [0.15, 0.2) is 0 Å². The van der Waals surface area contributed by atoms with Crippen LogP contribution in [-0.4, -0.2) is 42.6 Å². The van der Waals surface area contributed by atoms with Gasteiger partial charge in [0.05, 0.1) is 0 Å². The van der Waals surface area contributed by atoms with E-state index in [1.165, 1.54) is 48.5 Å². The van der Waals surface area contributed by atoms with Crippen LogP contribution in [0.5, 0.6) is 0 Å². The number of hydrogen-bond donors (Lipinski definition) is 6. The monoisotopic (exact) mass is 336 g/mol. The number of aliphatic hydroxyl groups is 4. The second-order valence-electron chi connectivity index (χ2n) is 4.69. The first-order chi connectivity index (χ1) is 11.1. The fraction of sp³-hybridized carbons (Fsp3) is 0.125. The molecular weight excluding hydrogens is 320 g/mol. The summed E-state index contributed by atoms with van der Waals surface area (Å²) >= 11 is 0. The number of carboxylic acids is 2. The van der Waals surface area contributed by atoms with Crippen molar-refractivity contribution in [3.05, 3.63) is 71.8 Å². The van der Waals surface area contributed by atoms with Gasteiger partial charge in [-0.3, -0.25) is 0 Å². The van der Waals surface area contributed by atoms with Gasteiger partial charge in [-0.05, 0) is 0 Å². The molecule has 0 aliphatic carbocycles. The molecule has 0 saturated carbocycles. The van der Waals surface area contributed by atoms with Crippen molar-refractivity contribution in [3.63, 3.8) is 0 Å². The molecule has 128 valence electrons. The van der Waals surface area contributed by atoms with Crippen LogP contribution in [0.3, 0.4) is 0 Å². The van der Waals surface area contributed by atoms with E-state index in [4.69, 9.17) is 30.6 Å². The van der Waals surface area contributed by atoms with Crippen molar-refractivity contribution in [1.82, 2.24) is 0 Å². The highest BCUT2D eigenvalue weighted by Gasteiger charge is 2.35. The van der Waals surface area contributed by atoms with Crippen LogP contribution in [0.4, 0.5) is 0 Å². The van der Waals surface area contributed by atoms with E-state index in [0.717, 1.165) is 0 Å². The van der Waals surface area contributed by atoms with Crippen molar-refractivity contribution >= 4 is 11.9 Å². The summed E-state index contributed by atoms with van der Waals surface area (Å²) < 4.78 is 0. The van der Waals surface area contributed by atoms with Crippen LogP contribution in [0.1, 0.15) is 11.1 Å². The van der Waals surface area contributed by atoms with Gasteiger partial charge in [0.1, 0.15) is 0 Å². The Hall–Kier alpha value is -2.78. The van der Waals surface area contributed by atoms with Crippen LogP contribution in [0.15, 0.2) is 60.7 Å². The molecule has 0 fully saturated rings. The molecule has 0 amide bonds. The van der Waals surface area contributed by atoms with Gasteiger partial charge in [0.25, 0.3) is 11.6 Å². The number of aliphatic carboxylic acids is 2. The summed E-state index contributed by atoms with van der Waals surface area (Å²) in [4.78, 5) is 20.6. The number of benzene rings is 2. The van der Waals surface area contributed by atoms with E-state index in [0.29, 0.717) is 0 Å². The number of carbonyl (C=O) groups is 2. The number of hydrogen-bond acceptors (Lipinski definition) is 6. The van der Waals surface area contributed by atoms with Crippen molar-refractivity contribution in [2.75, 3.05) is 0 Å². The topological polar surface area (TPSA) is 156 Å². The molecule has 8 nitrogen and oxygen atoms in total. The average Bonchev–Trinajstić information content (AvgIpc) is 2.56. The van der Waals surface area contributed by atoms with E-state index < -0.39 is 23.5 Å². The van der Waals surface area contributed by atoms with Crippen molar-refractivity contribution in [2.45, 2.75) is 11.6 Å². The molecule has 0 bridgehead atoms. The zero-order valence-corrected chi connectivity index (χ0v) is 12.3. The molecule has 0 saturated heterocycles. The van der Waals surface area contributed by atoms with Crippen LogP contribution in [0.25, 0.3) is 0 Å². The molecule has 24 heavy (non-hydrogen) atoms. The highest BCUT2D eigenvalue weighted by atomic mass is 16.5. The fourth-order valence-electron chi connectivity index (χ4n) is 1.59. The number of carboxylic acid groups (broad SMARTS) is 2. The molecule has 8 heteroatoms. The van der Waals surface area contributed by atoms with E-state index in [1.54, 1.807) is 12.1 Å². The van der Waals surface area contributed by atoms with Crippen LogP contribution < -0.4 is 0 Å². The Balaban J connectivity index is 0.000000240. The molecule has 0 aromatic heterocycles. The molecule has 0 spiro atoms. The van der Waals surface area contributed by atoms with Crippen LogP contribution >= 0.6 is 0 Å². The van der Waals surface area contributed by atoms with Crippen LogP contribution in [0, 0.1) is 0 Å². The van der Waals surface area contributed by atoms with Gasteiger partial charge in [-0.25, -0.2) is 9.59 Å². The maximum atomic E-state index is 10.3. The molecule has 0 radical (unpaired) electrons. The predicted molar refractivity (Wildman–Crippen MR) is 80.4 cm³/mol. The first kappa shape index (κ1) is 19.3. The van der Waals surface area contributed by atoms with Crippen molar-refractivity contribution < 1.29 is 40.2 Å². The Bertz CT molecular complexity index is 618. The summed E-state index contributed by atoms with van der Waals surface area (Å²) in [6, 6.07) is 14.7. The average molecular weight is 336 g/mol. The van der Waals surface area contributed by atoms with Crippen molar-refractivity contribution in [1.29, 1.82) is 0 Å². The Kier molecular flexibility index (Phi) is 6.15. The lowest BCUT2D eigenvalue weighted by Crippen LogP contribution is -2.34. The molecule has 0 atom stereocenters. The molecule has 0 aliphatic heterocycles. The Morgan fingerprint density at radius 3 is 1.04 bits per heavy atom. The Morgan fingerprint density at radius 1 is 0.583 bits per heavy atom. The highest BCUT2D eigenvalue weighted by molar-refractivity contribution is 5.77. The Morgan fingerprint density at radius 2 is 0.833 bits per heavy atom. The molecule has 0 unspecified atom stereocenters. The third-order valence-electron chi connectivity index (χ3n) is 2.95. The van der Waals surface area contributed by atoms with Gasteiger partial charge in [0.2, 0.25) is 0 Å². The zero-order valence-electron chi connectivity index (χ0n) is 12.3. The van der Waals surface area contributed by atoms with Gasteiger partial charge in [0, 0.05) is 11.1 Å². The minimum absolute atomic E-state index is 0.0579. The minimum Gasteiger partial charge on any atom is -0.477 e. The fourth-order valence-corrected chi connectivity index (χ4v) is 1.59. The summed E-state index contributed by atoms with van der Waals surface area (Å²) in [7, 11) is 0. The zero-order chi connectivity index (χ0) is 18.4. The van der Waals surface area contributed by atoms with Crippen molar-refractivity contribution in [2.24, 2.45) is 0 Å². The molecule has 0 heterocycles. The lowest BCUT2D eigenvalue weighted by molar-refractivity contribution is -0.208. The van der Waals surface area contributed by atoms with Gasteiger partial charge < -0.3 is 30.6 Å². The second-order valence-corrected chi connectivity index (χ2v) is 4.69. The highest BCUT2D eigenvalue weighted by Crippen LogP contribution is 2.17. The molecule has 6 N–H and O–H groups in total. The molecular formula is C16H16O8. The summed E-state index contributed by atoms with van der Waals surface area (Å²) in [6.07, 6.45) is 0.